The maximum Gasteiger partial charge on any atom is 0.270 e. The summed E-state index contributed by atoms with van der Waals surface area (Å²) in [5.41, 5.74) is 0.736. The molecule has 0 aliphatic heterocycles. The van der Waals surface area contributed by atoms with E-state index in [-0.39, 0.29) is 18.4 Å². The number of benzene rings is 1. The predicted molar refractivity (Wildman–Crippen MR) is 119 cm³/mol. The summed E-state index contributed by atoms with van der Waals surface area (Å²) in [6.45, 7) is 2.35. The van der Waals surface area contributed by atoms with Crippen molar-refractivity contribution in [1.82, 2.24) is 15.2 Å². The maximum atomic E-state index is 13.0. The first-order valence-corrected chi connectivity index (χ1v) is 11.0. The smallest absolute Gasteiger partial charge is 0.270 e. The van der Waals surface area contributed by atoms with E-state index >= 15 is 0 Å². The van der Waals surface area contributed by atoms with Crippen LogP contribution >= 0.6 is 34.5 Å². The van der Waals surface area contributed by atoms with E-state index in [0.29, 0.717) is 59.0 Å². The van der Waals surface area contributed by atoms with Crippen LogP contribution in [-0.4, -0.2) is 62.2 Å². The van der Waals surface area contributed by atoms with Crippen molar-refractivity contribution < 1.29 is 19.1 Å². The van der Waals surface area contributed by atoms with Gasteiger partial charge in [0.1, 0.15) is 10.7 Å². The Labute approximate surface area is 190 Å². The van der Waals surface area contributed by atoms with Gasteiger partial charge in [-0.05, 0) is 31.0 Å². The van der Waals surface area contributed by atoms with Crippen molar-refractivity contribution in [1.29, 1.82) is 0 Å². The number of halogens is 2. The highest BCUT2D eigenvalue weighted by Gasteiger charge is 2.19. The zero-order valence-electron chi connectivity index (χ0n) is 17.0. The first-order chi connectivity index (χ1) is 14.4. The lowest BCUT2D eigenvalue weighted by Gasteiger charge is -2.22. The Balaban J connectivity index is 2.08. The van der Waals surface area contributed by atoms with Crippen LogP contribution in [-0.2, 0) is 16.0 Å². The molecule has 30 heavy (non-hydrogen) atoms. The van der Waals surface area contributed by atoms with Crippen LogP contribution in [0.5, 0.6) is 0 Å². The van der Waals surface area contributed by atoms with Gasteiger partial charge in [0.2, 0.25) is 0 Å². The van der Waals surface area contributed by atoms with E-state index in [0.717, 1.165) is 6.42 Å². The number of aromatic nitrogens is 1. The molecule has 1 aromatic heterocycles. The highest BCUT2D eigenvalue weighted by molar-refractivity contribution is 7.09. The van der Waals surface area contributed by atoms with Crippen molar-refractivity contribution in [3.05, 3.63) is 49.9 Å². The van der Waals surface area contributed by atoms with Gasteiger partial charge in [0.15, 0.2) is 0 Å². The number of methoxy groups -OCH3 is 2. The molecule has 0 aliphatic carbocycles. The molecular formula is C20H25Cl2N3O4S. The number of ether oxygens (including phenoxy) is 2. The molecule has 0 saturated heterocycles. The van der Waals surface area contributed by atoms with Crippen molar-refractivity contribution in [2.45, 2.75) is 19.4 Å². The lowest BCUT2D eigenvalue weighted by molar-refractivity contribution is 0.0723. The molecule has 1 N–H and O–H groups in total. The highest BCUT2D eigenvalue weighted by Crippen LogP contribution is 2.22. The van der Waals surface area contributed by atoms with E-state index in [2.05, 4.69) is 10.3 Å². The lowest BCUT2D eigenvalue weighted by atomic mass is 10.2. The zero-order chi connectivity index (χ0) is 21.9. The third-order valence-corrected chi connectivity index (χ3v) is 5.36. The highest BCUT2D eigenvalue weighted by atomic mass is 35.5. The summed E-state index contributed by atoms with van der Waals surface area (Å²) >= 11 is 13.4. The van der Waals surface area contributed by atoms with Crippen molar-refractivity contribution in [2.75, 3.05) is 40.5 Å². The van der Waals surface area contributed by atoms with Gasteiger partial charge >= 0.3 is 0 Å². The number of carbonyl (C=O) groups is 2. The van der Waals surface area contributed by atoms with E-state index in [4.69, 9.17) is 32.7 Å². The Bertz CT molecular complexity index is 827. The molecule has 2 aromatic rings. The van der Waals surface area contributed by atoms with Crippen LogP contribution in [0.15, 0.2) is 23.6 Å². The first-order valence-electron chi connectivity index (χ1n) is 9.40. The lowest BCUT2D eigenvalue weighted by Crippen LogP contribution is -2.32. The Morgan fingerprint density at radius 3 is 2.43 bits per heavy atom. The molecule has 0 bridgehead atoms. The molecule has 0 aliphatic rings. The predicted octanol–water partition coefficient (Wildman–Crippen LogP) is 3.90. The number of hydrogen-bond donors (Lipinski definition) is 1. The van der Waals surface area contributed by atoms with Crippen molar-refractivity contribution in [3.8, 4) is 0 Å². The molecule has 0 unspecified atom stereocenters. The van der Waals surface area contributed by atoms with Crippen LogP contribution in [0.3, 0.4) is 0 Å². The summed E-state index contributed by atoms with van der Waals surface area (Å²) in [5, 5.41) is 5.94. The topological polar surface area (TPSA) is 80.8 Å². The standard InChI is InChI=1S/C20H25Cl2N3O4S/c1-28-7-3-5-23-19(26)17-13-30-18(24-17)12-25(6-4-8-29-2)20(27)14-9-15(21)11-16(22)10-14/h9-11,13H,3-8,12H2,1-2H3,(H,23,26). The number of amides is 2. The van der Waals surface area contributed by atoms with Crippen molar-refractivity contribution >= 4 is 46.4 Å². The average molecular weight is 474 g/mol. The number of hydrogen-bond acceptors (Lipinski definition) is 6. The van der Waals surface area contributed by atoms with Gasteiger partial charge < -0.3 is 19.7 Å². The second-order valence-electron chi connectivity index (χ2n) is 6.46. The van der Waals surface area contributed by atoms with E-state index in [1.165, 1.54) is 11.3 Å². The minimum Gasteiger partial charge on any atom is -0.385 e. The number of nitrogens with zero attached hydrogens (tertiary/aromatic N) is 2. The van der Waals surface area contributed by atoms with Gasteiger partial charge in [0, 0.05) is 61.5 Å². The number of thiazole rings is 1. The minimum atomic E-state index is -0.243. The fraction of sp³-hybridized carbons (Fsp3) is 0.450. The SMILES string of the molecule is COCCCNC(=O)c1csc(CN(CCCOC)C(=O)c2cc(Cl)cc(Cl)c2)n1. The molecule has 2 amide bonds. The Kier molecular flexibility index (Phi) is 10.5. The molecule has 7 nitrogen and oxygen atoms in total. The third kappa shape index (κ3) is 7.85. The van der Waals surface area contributed by atoms with Gasteiger partial charge in [-0.3, -0.25) is 9.59 Å². The third-order valence-electron chi connectivity index (χ3n) is 4.09. The molecule has 2 rings (SSSR count). The molecule has 0 fully saturated rings. The largest absolute Gasteiger partial charge is 0.385 e. The Hall–Kier alpha value is -1.71. The number of rotatable bonds is 12. The number of carbonyl (C=O) groups excluding carboxylic acids is 2. The van der Waals surface area contributed by atoms with Crippen LogP contribution in [0.25, 0.3) is 0 Å². The summed E-state index contributed by atoms with van der Waals surface area (Å²) in [6, 6.07) is 4.74. The molecule has 0 saturated carbocycles. The van der Waals surface area contributed by atoms with E-state index in [1.807, 2.05) is 0 Å². The monoisotopic (exact) mass is 473 g/mol. The Morgan fingerprint density at radius 2 is 1.77 bits per heavy atom. The fourth-order valence-electron chi connectivity index (χ4n) is 2.67. The van der Waals surface area contributed by atoms with Crippen LogP contribution in [0.4, 0.5) is 0 Å². The minimum absolute atomic E-state index is 0.212. The van der Waals surface area contributed by atoms with E-state index in [9.17, 15) is 9.59 Å². The van der Waals surface area contributed by atoms with Gasteiger partial charge in [-0.15, -0.1) is 11.3 Å². The van der Waals surface area contributed by atoms with Gasteiger partial charge in [0.05, 0.1) is 6.54 Å². The van der Waals surface area contributed by atoms with Crippen molar-refractivity contribution in [2.24, 2.45) is 0 Å². The van der Waals surface area contributed by atoms with Crippen molar-refractivity contribution in [3.63, 3.8) is 0 Å². The summed E-state index contributed by atoms with van der Waals surface area (Å²) in [4.78, 5) is 31.3. The van der Waals surface area contributed by atoms with Crippen LogP contribution in [0.1, 0.15) is 38.7 Å². The molecule has 1 heterocycles. The second kappa shape index (κ2) is 12.9. The van der Waals surface area contributed by atoms with Gasteiger partial charge in [-0.25, -0.2) is 4.98 Å². The summed E-state index contributed by atoms with van der Waals surface area (Å²) in [6.07, 6.45) is 1.39. The molecular weight excluding hydrogens is 449 g/mol. The fourth-order valence-corrected chi connectivity index (χ4v) is 3.99. The average Bonchev–Trinajstić information content (AvgIpc) is 3.18. The van der Waals surface area contributed by atoms with Crippen LogP contribution < -0.4 is 5.32 Å². The van der Waals surface area contributed by atoms with E-state index < -0.39 is 0 Å². The van der Waals surface area contributed by atoms with Gasteiger partial charge in [0.25, 0.3) is 11.8 Å². The second-order valence-corrected chi connectivity index (χ2v) is 8.28. The molecule has 0 atom stereocenters. The zero-order valence-corrected chi connectivity index (χ0v) is 19.3. The molecule has 10 heteroatoms. The first kappa shape index (κ1) is 24.6. The summed E-state index contributed by atoms with van der Waals surface area (Å²) < 4.78 is 10.1. The normalized spacial score (nSPS) is 10.8. The van der Waals surface area contributed by atoms with E-state index in [1.54, 1.807) is 42.7 Å². The molecule has 164 valence electrons. The maximum absolute atomic E-state index is 13.0. The van der Waals surface area contributed by atoms with Crippen LogP contribution in [0, 0.1) is 0 Å². The number of nitrogens with one attached hydrogen (secondary N) is 1. The molecule has 0 radical (unpaired) electrons. The molecule has 1 aromatic carbocycles. The van der Waals surface area contributed by atoms with Crippen LogP contribution in [0.2, 0.25) is 10.0 Å². The Morgan fingerprint density at radius 1 is 1.10 bits per heavy atom. The molecule has 0 spiro atoms. The summed E-state index contributed by atoms with van der Waals surface area (Å²) in [7, 11) is 3.23. The van der Waals surface area contributed by atoms with Gasteiger partial charge in [-0.1, -0.05) is 23.2 Å². The quantitative estimate of drug-likeness (QED) is 0.472. The van der Waals surface area contributed by atoms with Gasteiger partial charge in [-0.2, -0.15) is 0 Å². The summed E-state index contributed by atoms with van der Waals surface area (Å²) in [5.74, 6) is -0.455.